The molecule has 16 aliphatic rings. The second kappa shape index (κ2) is 43.4. The van der Waals surface area contributed by atoms with Crippen LogP contribution in [0.2, 0.25) is 0 Å². The summed E-state index contributed by atoms with van der Waals surface area (Å²) in [6.45, 7) is 28.0. The van der Waals surface area contributed by atoms with Gasteiger partial charge in [0.2, 0.25) is 47.3 Å². The quantitative estimate of drug-likeness (QED) is 0.0271. The summed E-state index contributed by atoms with van der Waals surface area (Å²) in [4.78, 5) is 218. The second-order valence-electron chi connectivity index (χ2n) is 40.7. The third-order valence-corrected chi connectivity index (χ3v) is 36.7. The number of aliphatic carboxylic acids is 4. The van der Waals surface area contributed by atoms with Crippen molar-refractivity contribution >= 4 is 148 Å². The van der Waals surface area contributed by atoms with Crippen molar-refractivity contribution in [2.45, 2.75) is 266 Å². The Balaban J connectivity index is 0.000000147. The van der Waals surface area contributed by atoms with E-state index < -0.39 is 29.9 Å². The largest absolute Gasteiger partial charge is 0.477 e. The normalized spacial score (nSPS) is 34.1. The van der Waals surface area contributed by atoms with Gasteiger partial charge in [-0.3, -0.25) is 43.3 Å². The molecule has 0 aromatic carbocycles. The van der Waals surface area contributed by atoms with E-state index in [2.05, 4.69) is 36.6 Å². The van der Waals surface area contributed by atoms with Crippen molar-refractivity contribution in [1.29, 1.82) is 0 Å². The number of nitrogens with one attached hydrogen (secondary N) is 4. The minimum Gasteiger partial charge on any atom is -0.477 e. The number of rotatable bonds is 32. The van der Waals surface area contributed by atoms with Crippen LogP contribution < -0.4 is 44.2 Å². The molecule has 0 radical (unpaired) electrons. The van der Waals surface area contributed by atoms with E-state index in [0.717, 1.165) is 25.0 Å². The third-order valence-electron chi connectivity index (χ3n) is 30.6. The van der Waals surface area contributed by atoms with Crippen molar-refractivity contribution < 1.29 is 102 Å². The number of likely N-dealkylation sites (tertiary alicyclic amines) is 4. The van der Waals surface area contributed by atoms with Gasteiger partial charge in [-0.05, 0) is 103 Å². The van der Waals surface area contributed by atoms with Gasteiger partial charge in [0.25, 0.3) is 0 Å². The molecule has 41 nitrogen and oxygen atoms in total. The van der Waals surface area contributed by atoms with Gasteiger partial charge in [-0.2, -0.15) is 0 Å². The topological polar surface area (TPSA) is 595 Å². The number of carbonyl (C=O) groups excluding carboxylic acids is 12. The van der Waals surface area contributed by atoms with E-state index in [-0.39, 0.29) is 264 Å². The summed E-state index contributed by atoms with van der Waals surface area (Å²) in [6.07, 6.45) is 9.64. The van der Waals surface area contributed by atoms with Crippen LogP contribution in [0, 0.1) is 71.0 Å². The molecule has 8 amide bonds. The fourth-order valence-electron chi connectivity index (χ4n) is 24.2. The van der Waals surface area contributed by atoms with Crippen LogP contribution in [0.4, 0.5) is 0 Å². The highest BCUT2D eigenvalue weighted by molar-refractivity contribution is 8.04. The third kappa shape index (κ3) is 21.0. The van der Waals surface area contributed by atoms with Crippen molar-refractivity contribution in [3.05, 3.63) is 54.3 Å². The molecule has 0 saturated carbocycles. The molecule has 17 heterocycles. The predicted molar refractivity (Wildman–Crippen MR) is 511 cm³/mol. The van der Waals surface area contributed by atoms with Crippen LogP contribution in [0.5, 0.6) is 0 Å². The zero-order valence-corrected chi connectivity index (χ0v) is 83.4. The molecule has 12 saturated heterocycles. The highest BCUT2D eigenvalue weighted by Gasteiger charge is 2.65. The number of hydrogen-bond acceptors (Lipinski definition) is 31. The summed E-state index contributed by atoms with van der Waals surface area (Å²) in [5.41, 5.74) is 23.9. The van der Waals surface area contributed by atoms with E-state index in [4.69, 9.17) is 22.9 Å². The average molecular weight is 2000 g/mol. The molecule has 17 N–H and O–H groups in total. The molecule has 0 unspecified atom stereocenters. The lowest BCUT2D eigenvalue weighted by Crippen LogP contribution is -2.62. The van der Waals surface area contributed by atoms with Gasteiger partial charge in [0.15, 0.2) is 0 Å². The Morgan fingerprint density at radius 2 is 0.775 bits per heavy atom. The van der Waals surface area contributed by atoms with E-state index >= 15 is 0 Å². The number of thioether (sulfide) groups is 4. The van der Waals surface area contributed by atoms with E-state index in [1.54, 1.807) is 14.5 Å². The van der Waals surface area contributed by atoms with Gasteiger partial charge >= 0.3 is 23.9 Å². The summed E-state index contributed by atoms with van der Waals surface area (Å²) < 4.78 is 1.78. The van der Waals surface area contributed by atoms with Gasteiger partial charge < -0.3 is 128 Å². The minimum atomic E-state index is -1.13. The molecule has 0 aliphatic carbocycles. The molecule has 45 heteroatoms. The highest BCUT2D eigenvalue weighted by atomic mass is 32.2. The number of carboxylic acid groups (broad SMARTS) is 4. The zero-order valence-electron chi connectivity index (χ0n) is 80.2. The first-order valence-corrected chi connectivity index (χ1v) is 51.8. The number of hydrogen-bond donors (Lipinski definition) is 13. The lowest BCUT2D eigenvalue weighted by molar-refractivity contribution is -0.160. The number of aromatic nitrogens is 3. The zero-order chi connectivity index (χ0) is 100. The first kappa shape index (κ1) is 105. The Morgan fingerprint density at radius 3 is 1.07 bits per heavy atom. The summed E-state index contributed by atoms with van der Waals surface area (Å²) in [6, 6.07) is -2.55. The van der Waals surface area contributed by atoms with Crippen LogP contribution in [0.1, 0.15) is 172 Å². The molecule has 756 valence electrons. The van der Waals surface area contributed by atoms with Gasteiger partial charge in [0.1, 0.15) is 45.9 Å². The van der Waals surface area contributed by atoms with Gasteiger partial charge in [0, 0.05) is 181 Å². The Labute approximate surface area is 818 Å². The molecular weight excluding hydrogens is 1860 g/mol. The number of fused-ring (bicyclic) bond motifs is 4. The molecular formula is C93H134N20O21S4. The standard InChI is InChI=1S/C25H35N7O5S.C23H33N5O5S.C23H34N4O6S.C22H32N4O5S/c1-12(6-13(2)33)19-20-14(3)22(21(25(36)37)32(20)24(19)35)38-17-7-18(27-9-17)23(34)30-5-4-16(11-30)31-10-15(8-26)28-29-31;1-11(6-12(2)29)17-18-13(3)20(19(23(32)33)28(18)22(17)31)34-15-7-16(25-8-15)21(30)27-5-4-14(9-27)26-10-24;1-10(4-11(2)29)17-18-12(3)20(19(23(32)33)27(18)22(17)31)34-15-6-16(25-7-15)21(30)26-8-13(24)5-14(26)9-28;1-10(6-11(2)27)16-17-12(3)19(18(22(30)31)26(17)21(16)29)32-14-7-15(24-8-14)20(28)25-5-4-13(23)9-25/h10,12,14,16-20,27H,4-9,11,26H2,1-3H3,(H,36,37);10-11,13-18,25H,4-9H2,1-3H3,(H2,24,26)(H,32,33);10,12-18,25,28H,4-9,24H2,1-3H3,(H,32,33);10,12-17,24H,4-9,23H2,1-3H3,(H,30,31)/t12-,14+,16-,17-,18-,19+,20+;11-,13+,14-,15-,16-,17+,18+;10-,12+,13-,14-,15-,16-,17+,18+;10-,12+,13+,14-,15-,16+,17+/m0000/s1. The number of carboxylic acids is 4. The number of aliphatic imine (C=N–C) groups is 1. The lowest BCUT2D eigenvalue weighted by Gasteiger charge is -2.47. The first-order valence-electron chi connectivity index (χ1n) is 48.3. The van der Waals surface area contributed by atoms with E-state index in [1.165, 1.54) is 101 Å². The maximum Gasteiger partial charge on any atom is 0.353 e. The Morgan fingerprint density at radius 1 is 0.457 bits per heavy atom. The Kier molecular flexibility index (Phi) is 33.0. The molecule has 1 aromatic rings. The fraction of sp³-hybridized carbons (Fsp3) is 0.710. The van der Waals surface area contributed by atoms with Crippen LogP contribution in [-0.2, 0) is 83.3 Å². The number of nitrogens with two attached hydrogens (primary N) is 4. The molecule has 0 spiro atoms. The highest BCUT2D eigenvalue weighted by Crippen LogP contribution is 2.58. The van der Waals surface area contributed by atoms with Crippen molar-refractivity contribution in [3.8, 4) is 0 Å². The van der Waals surface area contributed by atoms with E-state index in [1.807, 2.05) is 71.4 Å². The number of amides is 8. The molecule has 29 atom stereocenters. The molecule has 138 heavy (non-hydrogen) atoms. The van der Waals surface area contributed by atoms with Crippen LogP contribution in [0.3, 0.4) is 0 Å². The van der Waals surface area contributed by atoms with Crippen molar-refractivity contribution in [3.63, 3.8) is 0 Å². The van der Waals surface area contributed by atoms with Crippen molar-refractivity contribution in [2.75, 3.05) is 78.6 Å². The van der Waals surface area contributed by atoms with E-state index in [0.29, 0.717) is 156 Å². The van der Waals surface area contributed by atoms with Crippen LogP contribution in [0.25, 0.3) is 0 Å². The van der Waals surface area contributed by atoms with Crippen LogP contribution in [-0.4, -0.2) is 352 Å². The molecule has 17 rings (SSSR count). The molecule has 1 aromatic heterocycles. The second-order valence-corrected chi connectivity index (χ2v) is 46.1. The monoisotopic (exact) mass is 1990 g/mol. The van der Waals surface area contributed by atoms with Crippen LogP contribution >= 0.6 is 47.0 Å². The number of ketones is 4. The smallest absolute Gasteiger partial charge is 0.353 e. The van der Waals surface area contributed by atoms with Gasteiger partial charge in [-0.15, -0.1) is 52.1 Å². The summed E-state index contributed by atoms with van der Waals surface area (Å²) in [5, 5.41) is 70.7. The number of aliphatic hydroxyl groups excluding tert-OH is 1. The Hall–Kier alpha value is -9.03. The maximum absolute atomic E-state index is 13.3. The average Bonchev–Trinajstić information content (AvgIpc) is 1.56. The molecule has 0 bridgehead atoms. The summed E-state index contributed by atoms with van der Waals surface area (Å²) in [5.74, 6) is -7.61. The van der Waals surface area contributed by atoms with E-state index in [9.17, 15) is 102 Å². The molecule has 12 fully saturated rings. The number of β-lactam (4-membered cyclic amide) rings is 4. The summed E-state index contributed by atoms with van der Waals surface area (Å²) >= 11 is 5.87. The molecule has 16 aliphatic heterocycles. The van der Waals surface area contributed by atoms with Crippen LogP contribution in [0.15, 0.2) is 53.6 Å². The van der Waals surface area contributed by atoms with Gasteiger partial charge in [0.05, 0.1) is 115 Å². The number of aliphatic hydroxyl groups is 1. The number of nitrogens with zero attached hydrogens (tertiary/aromatic N) is 12. The Bertz CT molecular complexity index is 5170. The van der Waals surface area contributed by atoms with Gasteiger partial charge in [-0.25, -0.2) is 23.9 Å². The summed E-state index contributed by atoms with van der Waals surface area (Å²) in [7, 11) is 0. The maximum atomic E-state index is 13.3. The number of Topliss-reactive ketones (excluding diaryl/α,β-unsaturated/α-hetero) is 4. The SMILES string of the molecule is CC(=O)C[C@H](C)[C@H]1C(=O)N2C(C(=O)O)=C(S[C@@H]3CN[C@H](C(=O)N4CC[C@@H](N)C4)C3)[C@H](C)[C@H]12.CC(=O)C[C@H](C)[C@H]1C(=O)N2C(C(=O)O)=C(S[C@@H]3CN[C@H](C(=O)N4CC[C@H](N=CN)C4)C3)[C@H](C)[C@H]12.CC(=O)C[C@H](C)[C@H]1C(=O)N2C(C(=O)O)=C(S[C@@H]3CN[C@H](C(=O)N4CC[C@H](n5cc(CN)nn5)C4)C3)[C@H](C)[C@H]12.CC(=O)C[C@H](C)[C@H]1C(=O)N2C(C(=O)O)=C(S[C@@H]3CN[C@H](C(=O)N4C[C@@H](N)C[C@H]4CO)C3)[C@H](C)[C@H]12. The first-order chi connectivity index (χ1) is 65.4. The number of carbonyl (C=O) groups is 16. The predicted octanol–water partition coefficient (Wildman–Crippen LogP) is 0.945. The van der Waals surface area contributed by atoms with Gasteiger partial charge in [-0.1, -0.05) is 60.6 Å². The van der Waals surface area contributed by atoms with Crippen molar-refractivity contribution in [1.82, 2.24) is 75.5 Å². The van der Waals surface area contributed by atoms with Crippen molar-refractivity contribution in [2.24, 2.45) is 98.9 Å². The fourth-order valence-corrected chi connectivity index (χ4v) is 30.1. The minimum absolute atomic E-state index is 0.0125. The lowest BCUT2D eigenvalue weighted by atomic mass is 9.73.